The maximum atomic E-state index is 2.67. The number of hydrogen-bond acceptors (Lipinski definition) is 3. The molecule has 3 heterocycles. The molecule has 0 spiro atoms. The second-order valence-electron chi connectivity index (χ2n) is 21.5. The van der Waals surface area contributed by atoms with E-state index in [-0.39, 0.29) is 6.71 Å². The lowest BCUT2D eigenvalue weighted by molar-refractivity contribution is 1.18. The van der Waals surface area contributed by atoms with E-state index in [1.165, 1.54) is 32.8 Å². The Labute approximate surface area is 484 Å². The van der Waals surface area contributed by atoms with Crippen molar-refractivity contribution >= 4 is 96.1 Å². The van der Waals surface area contributed by atoms with Crippen molar-refractivity contribution < 1.29 is 0 Å². The standard InChI is InChI=1S/C78H53BN4/c1-8-27-54(28-9-1)62-42-24-43-63(55-29-10-2-11-30-55)76(62)82-71-47-26-48-72-75(71)79(67-50-49-61(53-73(67)82)80(58-35-16-5-17-36-58)59-37-18-6-19-38-59)68-51-52-70-74(66-41-22-23-46-69(66)81(70)60-39-20-7-21-40-60)78(68)83(72)77-64(56-31-12-3-13-32-56)44-25-45-65(77)57-33-14-4-15-34-57/h1-53H. The first-order valence-electron chi connectivity index (χ1n) is 28.6. The van der Waals surface area contributed by atoms with E-state index < -0.39 is 0 Å². The molecular weight excluding hydrogens is 1000 g/mol. The Morgan fingerprint density at radius 1 is 0.277 bits per heavy atom. The highest BCUT2D eigenvalue weighted by Gasteiger charge is 2.46. The number of rotatable bonds is 10. The first kappa shape index (κ1) is 48.1. The van der Waals surface area contributed by atoms with Gasteiger partial charge in [-0.15, -0.1) is 0 Å². The fourth-order valence-corrected chi connectivity index (χ4v) is 13.5. The minimum Gasteiger partial charge on any atom is -0.310 e. The number of nitrogens with zero attached hydrogens (tertiary/aromatic N) is 4. The Balaban J connectivity index is 1.08. The lowest BCUT2D eigenvalue weighted by Gasteiger charge is -2.46. The second kappa shape index (κ2) is 20.0. The van der Waals surface area contributed by atoms with E-state index in [4.69, 9.17) is 0 Å². The first-order chi connectivity index (χ1) is 41.3. The molecule has 0 fully saturated rings. The highest BCUT2D eigenvalue weighted by Crippen LogP contribution is 2.55. The van der Waals surface area contributed by atoms with Crippen LogP contribution in [0.1, 0.15) is 0 Å². The van der Waals surface area contributed by atoms with Crippen molar-refractivity contribution in [1.29, 1.82) is 0 Å². The Kier molecular flexibility index (Phi) is 11.6. The van der Waals surface area contributed by atoms with Crippen LogP contribution in [0.3, 0.4) is 0 Å². The van der Waals surface area contributed by atoms with Crippen molar-refractivity contribution in [3.63, 3.8) is 0 Å². The van der Waals surface area contributed by atoms with Gasteiger partial charge < -0.3 is 19.3 Å². The summed E-state index contributed by atoms with van der Waals surface area (Å²) in [4.78, 5) is 7.69. The topological polar surface area (TPSA) is 14.7 Å². The van der Waals surface area contributed by atoms with Crippen LogP contribution in [0.15, 0.2) is 322 Å². The number of fused-ring (bicyclic) bond motifs is 8. The van der Waals surface area contributed by atoms with Crippen molar-refractivity contribution in [1.82, 2.24) is 4.57 Å². The SMILES string of the molecule is c1ccc(-c2cccc(-c3ccccc3)c2N2c3cc(N(c4ccccc4)c4ccccc4)ccc3B3c4ccc5c(c4N(c4c(-c6ccccc6)cccc4-c4ccccc4)c4cccc2c43)c2ccccc2n5-c2ccccc2)cc1. The van der Waals surface area contributed by atoms with Crippen LogP contribution in [0, 0.1) is 0 Å². The number of para-hydroxylation sites is 6. The molecule has 16 rings (SSSR count). The van der Waals surface area contributed by atoms with Crippen molar-refractivity contribution in [3.8, 4) is 50.2 Å². The first-order valence-corrected chi connectivity index (χ1v) is 28.6. The predicted octanol–water partition coefficient (Wildman–Crippen LogP) is 19.0. The molecule has 0 amide bonds. The third-order valence-corrected chi connectivity index (χ3v) is 16.9. The van der Waals surface area contributed by atoms with E-state index in [9.17, 15) is 0 Å². The summed E-state index contributed by atoms with van der Waals surface area (Å²) in [5.74, 6) is 0. The fraction of sp³-hybridized carbons (Fsp3) is 0. The molecule has 0 aliphatic carbocycles. The summed E-state index contributed by atoms with van der Waals surface area (Å²) in [6.45, 7) is -0.189. The molecule has 0 N–H and O–H groups in total. The van der Waals surface area contributed by atoms with E-state index in [0.717, 1.165) is 107 Å². The zero-order valence-corrected chi connectivity index (χ0v) is 45.5. The lowest BCUT2D eigenvalue weighted by atomic mass is 9.33. The van der Waals surface area contributed by atoms with E-state index >= 15 is 0 Å². The summed E-state index contributed by atoms with van der Waals surface area (Å²) >= 11 is 0. The molecule has 0 unspecified atom stereocenters. The molecule has 0 saturated heterocycles. The summed E-state index contributed by atoms with van der Waals surface area (Å²) in [5.41, 5.74) is 26.4. The summed E-state index contributed by atoms with van der Waals surface area (Å²) in [5, 5.41) is 2.41. The quantitative estimate of drug-likeness (QED) is 0.127. The van der Waals surface area contributed by atoms with Gasteiger partial charge in [-0.05, 0) is 111 Å². The molecule has 388 valence electrons. The zero-order valence-electron chi connectivity index (χ0n) is 45.5. The van der Waals surface area contributed by atoms with Crippen molar-refractivity contribution in [2.45, 2.75) is 0 Å². The van der Waals surface area contributed by atoms with Crippen LogP contribution in [0.5, 0.6) is 0 Å². The van der Waals surface area contributed by atoms with E-state index in [1.54, 1.807) is 0 Å². The average Bonchev–Trinajstić information content (AvgIpc) is 2.39. The Bertz CT molecular complexity index is 4570. The van der Waals surface area contributed by atoms with Crippen LogP contribution in [0.25, 0.3) is 72.0 Å². The molecule has 2 aliphatic heterocycles. The normalized spacial score (nSPS) is 12.3. The highest BCUT2D eigenvalue weighted by atomic mass is 15.2. The third-order valence-electron chi connectivity index (χ3n) is 16.9. The van der Waals surface area contributed by atoms with Gasteiger partial charge in [0.1, 0.15) is 0 Å². The van der Waals surface area contributed by atoms with Gasteiger partial charge in [-0.2, -0.15) is 0 Å². The summed E-state index contributed by atoms with van der Waals surface area (Å²) in [6, 6.07) is 118. The second-order valence-corrected chi connectivity index (χ2v) is 21.5. The van der Waals surface area contributed by atoms with Crippen molar-refractivity contribution in [3.05, 3.63) is 322 Å². The summed E-state index contributed by atoms with van der Waals surface area (Å²) in [7, 11) is 0. The van der Waals surface area contributed by atoms with Gasteiger partial charge >= 0.3 is 0 Å². The van der Waals surface area contributed by atoms with Crippen LogP contribution in [0.2, 0.25) is 0 Å². The molecule has 4 nitrogen and oxygen atoms in total. The van der Waals surface area contributed by atoms with Gasteiger partial charge in [-0.1, -0.05) is 249 Å². The number of aromatic nitrogens is 1. The van der Waals surface area contributed by atoms with Gasteiger partial charge in [-0.25, -0.2) is 0 Å². The van der Waals surface area contributed by atoms with Crippen LogP contribution in [-0.2, 0) is 0 Å². The fourth-order valence-electron chi connectivity index (χ4n) is 13.5. The van der Waals surface area contributed by atoms with E-state index in [0.29, 0.717) is 0 Å². The Morgan fingerprint density at radius 3 is 1.22 bits per heavy atom. The molecule has 0 bridgehead atoms. The molecule has 13 aromatic carbocycles. The zero-order chi connectivity index (χ0) is 54.8. The van der Waals surface area contributed by atoms with Gasteiger partial charge in [0.15, 0.2) is 0 Å². The van der Waals surface area contributed by atoms with Gasteiger partial charge in [0.2, 0.25) is 0 Å². The maximum Gasteiger partial charge on any atom is 0.252 e. The maximum absolute atomic E-state index is 2.67. The minimum atomic E-state index is -0.189. The van der Waals surface area contributed by atoms with Crippen LogP contribution in [-0.4, -0.2) is 11.3 Å². The molecule has 5 heteroatoms. The average molecular weight is 1060 g/mol. The summed E-state index contributed by atoms with van der Waals surface area (Å²) < 4.78 is 2.46. The van der Waals surface area contributed by atoms with Gasteiger partial charge in [0.25, 0.3) is 6.71 Å². The van der Waals surface area contributed by atoms with Crippen molar-refractivity contribution in [2.75, 3.05) is 14.7 Å². The lowest BCUT2D eigenvalue weighted by Crippen LogP contribution is -2.61. The molecular formula is C78H53BN4. The highest BCUT2D eigenvalue weighted by molar-refractivity contribution is 7.00. The van der Waals surface area contributed by atoms with Crippen LogP contribution < -0.4 is 31.1 Å². The number of benzene rings is 13. The van der Waals surface area contributed by atoms with Gasteiger partial charge in [0.05, 0.1) is 28.1 Å². The number of hydrogen-bond donors (Lipinski definition) is 0. The van der Waals surface area contributed by atoms with Crippen LogP contribution >= 0.6 is 0 Å². The monoisotopic (exact) mass is 1060 g/mol. The molecule has 83 heavy (non-hydrogen) atoms. The minimum absolute atomic E-state index is 0.189. The van der Waals surface area contributed by atoms with E-state index in [2.05, 4.69) is 341 Å². The molecule has 0 radical (unpaired) electrons. The smallest absolute Gasteiger partial charge is 0.252 e. The van der Waals surface area contributed by atoms with Gasteiger partial charge in [0, 0.05) is 72.8 Å². The summed E-state index contributed by atoms with van der Waals surface area (Å²) in [6.07, 6.45) is 0. The molecule has 1 aromatic heterocycles. The van der Waals surface area contributed by atoms with E-state index in [1.807, 2.05) is 0 Å². The van der Waals surface area contributed by atoms with Gasteiger partial charge in [-0.3, -0.25) is 0 Å². The number of anilines is 9. The molecule has 0 atom stereocenters. The Hall–Kier alpha value is -10.9. The Morgan fingerprint density at radius 2 is 0.699 bits per heavy atom. The predicted molar refractivity (Wildman–Crippen MR) is 351 cm³/mol. The largest absolute Gasteiger partial charge is 0.310 e. The third kappa shape index (κ3) is 7.85. The van der Waals surface area contributed by atoms with Crippen LogP contribution in [0.4, 0.5) is 51.2 Å². The van der Waals surface area contributed by atoms with Crippen molar-refractivity contribution in [2.24, 2.45) is 0 Å². The molecule has 2 aliphatic rings. The molecule has 14 aromatic rings. The molecule has 0 saturated carbocycles.